The first kappa shape index (κ1) is 9.75. The summed E-state index contributed by atoms with van der Waals surface area (Å²) < 4.78 is 35.7. The summed E-state index contributed by atoms with van der Waals surface area (Å²) in [6.07, 6.45) is 3.19. The van der Waals surface area contributed by atoms with Crippen molar-refractivity contribution in [2.45, 2.75) is 0 Å². The van der Waals surface area contributed by atoms with Crippen molar-refractivity contribution in [2.24, 2.45) is 0 Å². The van der Waals surface area contributed by atoms with Crippen LogP contribution in [0.2, 0.25) is 0 Å². The largest absolute Gasteiger partial charge is 0.215 e. The fourth-order valence-electron chi connectivity index (χ4n) is 0.401. The summed E-state index contributed by atoms with van der Waals surface area (Å²) in [7, 11) is 0. The lowest BCUT2D eigenvalue weighted by atomic mass is 10.4. The first-order chi connectivity index (χ1) is 5.20. The summed E-state index contributed by atoms with van der Waals surface area (Å²) in [5.74, 6) is -1.79. The molecule has 0 unspecified atom stereocenters. The minimum Gasteiger partial charge on any atom is -0.215 e. The maximum atomic E-state index is 12.3. The van der Waals surface area contributed by atoms with Gasteiger partial charge in [0.1, 0.15) is 11.7 Å². The van der Waals surface area contributed by atoms with E-state index in [4.69, 9.17) is 0 Å². The summed E-state index contributed by atoms with van der Waals surface area (Å²) in [6, 6.07) is 0. The van der Waals surface area contributed by atoms with Gasteiger partial charge in [0.25, 0.3) is 0 Å². The van der Waals surface area contributed by atoms with Gasteiger partial charge in [-0.1, -0.05) is 12.7 Å². The molecule has 0 aromatic heterocycles. The molecule has 11 heavy (non-hydrogen) atoms. The van der Waals surface area contributed by atoms with Gasteiger partial charge >= 0.3 is 0 Å². The molecule has 0 heterocycles. The van der Waals surface area contributed by atoms with Crippen molar-refractivity contribution >= 4 is 0 Å². The lowest BCUT2D eigenvalue weighted by Crippen LogP contribution is -1.67. The fraction of sp³-hybridized carbons (Fsp3) is 0. The topological polar surface area (TPSA) is 0 Å². The molecule has 60 valence electrons. The second-order valence-corrected chi connectivity index (χ2v) is 1.61. The van der Waals surface area contributed by atoms with Crippen LogP contribution in [0.15, 0.2) is 48.9 Å². The smallest absolute Gasteiger partial charge is 0.128 e. The van der Waals surface area contributed by atoms with E-state index in [1.165, 1.54) is 0 Å². The van der Waals surface area contributed by atoms with Gasteiger partial charge < -0.3 is 0 Å². The Morgan fingerprint density at radius 1 is 1.18 bits per heavy atom. The molecule has 0 bridgehead atoms. The van der Waals surface area contributed by atoms with Crippen molar-refractivity contribution in [1.29, 1.82) is 0 Å². The zero-order chi connectivity index (χ0) is 8.69. The first-order valence-corrected chi connectivity index (χ1v) is 2.83. The van der Waals surface area contributed by atoms with E-state index in [-0.39, 0.29) is 6.33 Å². The highest BCUT2D eigenvalue weighted by atomic mass is 19.1. The lowest BCUT2D eigenvalue weighted by Gasteiger charge is -1.84. The van der Waals surface area contributed by atoms with Crippen LogP contribution in [0.1, 0.15) is 0 Å². The Hall–Kier alpha value is -1.25. The standard InChI is InChI=1S/C8H7F3/c1-2-3-7(10)6-8(11)4-5-9/h2-6H,1H2/b5-4+,7-3-,8-6+. The minimum absolute atomic E-state index is 0.00692. The molecule has 0 aliphatic heterocycles. The van der Waals surface area contributed by atoms with E-state index < -0.39 is 11.7 Å². The predicted octanol–water partition coefficient (Wildman–Crippen LogP) is 3.36. The van der Waals surface area contributed by atoms with E-state index in [9.17, 15) is 13.2 Å². The summed E-state index contributed by atoms with van der Waals surface area (Å²) in [4.78, 5) is 0. The zero-order valence-corrected chi connectivity index (χ0v) is 5.73. The van der Waals surface area contributed by atoms with Crippen LogP contribution in [0, 0.1) is 0 Å². The number of halogens is 3. The van der Waals surface area contributed by atoms with Gasteiger partial charge in [-0.2, -0.15) is 0 Å². The van der Waals surface area contributed by atoms with Crippen LogP contribution in [-0.2, 0) is 0 Å². The van der Waals surface area contributed by atoms with Gasteiger partial charge in [-0.15, -0.1) is 0 Å². The molecule has 0 radical (unpaired) electrons. The number of rotatable bonds is 3. The van der Waals surface area contributed by atoms with Crippen molar-refractivity contribution in [3.8, 4) is 0 Å². The van der Waals surface area contributed by atoms with Crippen molar-refractivity contribution in [2.75, 3.05) is 0 Å². The van der Waals surface area contributed by atoms with Crippen LogP contribution in [0.3, 0.4) is 0 Å². The van der Waals surface area contributed by atoms with Gasteiger partial charge in [-0.25, -0.2) is 13.2 Å². The molecule has 0 atom stereocenters. The maximum Gasteiger partial charge on any atom is 0.128 e. The molecule has 0 N–H and O–H groups in total. The average molecular weight is 160 g/mol. The van der Waals surface area contributed by atoms with Gasteiger partial charge in [0.2, 0.25) is 0 Å². The lowest BCUT2D eigenvalue weighted by molar-refractivity contribution is 0.625. The number of allylic oxidation sites excluding steroid dienone is 6. The minimum atomic E-state index is -0.983. The van der Waals surface area contributed by atoms with Gasteiger partial charge in [-0.05, 0) is 6.08 Å². The summed E-state index contributed by atoms with van der Waals surface area (Å²) in [5, 5.41) is 0. The molecule has 0 saturated heterocycles. The van der Waals surface area contributed by atoms with Crippen molar-refractivity contribution < 1.29 is 13.2 Å². The van der Waals surface area contributed by atoms with Crippen molar-refractivity contribution in [3.05, 3.63) is 48.9 Å². The van der Waals surface area contributed by atoms with Gasteiger partial charge in [0.05, 0.1) is 6.33 Å². The molecular weight excluding hydrogens is 153 g/mol. The van der Waals surface area contributed by atoms with Gasteiger partial charge in [-0.3, -0.25) is 0 Å². The highest BCUT2D eigenvalue weighted by Gasteiger charge is 1.90. The molecule has 0 aromatic rings. The molecular formula is C8H7F3. The van der Waals surface area contributed by atoms with Crippen molar-refractivity contribution in [1.82, 2.24) is 0 Å². The third-order valence-corrected chi connectivity index (χ3v) is 0.775. The van der Waals surface area contributed by atoms with E-state index in [0.717, 1.165) is 12.2 Å². The van der Waals surface area contributed by atoms with E-state index in [2.05, 4.69) is 6.58 Å². The molecule has 0 spiro atoms. The number of hydrogen-bond donors (Lipinski definition) is 0. The molecule has 0 amide bonds. The van der Waals surface area contributed by atoms with E-state index in [1.807, 2.05) is 0 Å². The maximum absolute atomic E-state index is 12.3. The first-order valence-electron chi connectivity index (χ1n) is 2.83. The summed E-state index contributed by atoms with van der Waals surface area (Å²) in [6.45, 7) is 3.19. The Balaban J connectivity index is 4.29. The van der Waals surface area contributed by atoms with Gasteiger partial charge in [0, 0.05) is 12.2 Å². The van der Waals surface area contributed by atoms with Crippen LogP contribution >= 0.6 is 0 Å². The van der Waals surface area contributed by atoms with E-state index in [1.54, 1.807) is 0 Å². The molecule has 0 saturated carbocycles. The fourth-order valence-corrected chi connectivity index (χ4v) is 0.401. The third kappa shape index (κ3) is 5.21. The highest BCUT2D eigenvalue weighted by molar-refractivity contribution is 5.23. The molecule has 0 rings (SSSR count). The second-order valence-electron chi connectivity index (χ2n) is 1.61. The predicted molar refractivity (Wildman–Crippen MR) is 38.8 cm³/mol. The van der Waals surface area contributed by atoms with Crippen molar-refractivity contribution in [3.63, 3.8) is 0 Å². The van der Waals surface area contributed by atoms with Crippen LogP contribution in [-0.4, -0.2) is 0 Å². The Labute approximate surface area is 63.0 Å². The monoisotopic (exact) mass is 160 g/mol. The van der Waals surface area contributed by atoms with Crippen LogP contribution in [0.25, 0.3) is 0 Å². The van der Waals surface area contributed by atoms with Gasteiger partial charge in [0.15, 0.2) is 0 Å². The molecule has 0 aromatic carbocycles. The highest BCUT2D eigenvalue weighted by Crippen LogP contribution is 2.06. The van der Waals surface area contributed by atoms with Crippen LogP contribution in [0.4, 0.5) is 13.2 Å². The molecule has 0 aliphatic rings. The Morgan fingerprint density at radius 2 is 1.82 bits per heavy atom. The molecule has 3 heteroatoms. The second kappa shape index (κ2) is 5.53. The summed E-state index contributed by atoms with van der Waals surface area (Å²) >= 11 is 0. The normalized spacial score (nSPS) is 14.1. The quantitative estimate of drug-likeness (QED) is 0.555. The van der Waals surface area contributed by atoms with Crippen LogP contribution < -0.4 is 0 Å². The average Bonchev–Trinajstić information content (AvgIpc) is 1.87. The molecule has 0 aliphatic carbocycles. The molecule has 0 fully saturated rings. The molecule has 0 nitrogen and oxygen atoms in total. The Bertz CT molecular complexity index is 211. The van der Waals surface area contributed by atoms with Crippen LogP contribution in [0.5, 0.6) is 0 Å². The Morgan fingerprint density at radius 3 is 2.27 bits per heavy atom. The SMILES string of the molecule is C=C/C=C(F)/C=C(F)\C=C\F. The van der Waals surface area contributed by atoms with E-state index in [0.29, 0.717) is 12.2 Å². The third-order valence-electron chi connectivity index (χ3n) is 0.775. The number of hydrogen-bond acceptors (Lipinski definition) is 0. The Kier molecular flexibility index (Phi) is 4.90. The van der Waals surface area contributed by atoms with E-state index >= 15 is 0 Å². The zero-order valence-electron chi connectivity index (χ0n) is 5.73. The summed E-state index contributed by atoms with van der Waals surface area (Å²) in [5.41, 5.74) is 0.